The van der Waals surface area contributed by atoms with Crippen molar-refractivity contribution in [3.63, 3.8) is 0 Å². The molecule has 0 aliphatic carbocycles. The van der Waals surface area contributed by atoms with E-state index in [1.54, 1.807) is 6.33 Å². The summed E-state index contributed by atoms with van der Waals surface area (Å²) in [6.45, 7) is 7.92. The van der Waals surface area contributed by atoms with Crippen molar-refractivity contribution in [2.24, 2.45) is 0 Å². The van der Waals surface area contributed by atoms with Crippen molar-refractivity contribution < 1.29 is 14.3 Å². The third-order valence-electron chi connectivity index (χ3n) is 4.69. The molecule has 0 atom stereocenters. The van der Waals surface area contributed by atoms with Crippen molar-refractivity contribution in [3.8, 4) is 11.3 Å². The summed E-state index contributed by atoms with van der Waals surface area (Å²) in [6.07, 6.45) is 6.25. The fourth-order valence-electron chi connectivity index (χ4n) is 3.26. The summed E-state index contributed by atoms with van der Waals surface area (Å²) in [5, 5.41) is 7.11. The van der Waals surface area contributed by atoms with E-state index < -0.39 is 11.7 Å². The summed E-state index contributed by atoms with van der Waals surface area (Å²) < 4.78 is 7.11. The van der Waals surface area contributed by atoms with Gasteiger partial charge in [0.25, 0.3) is 0 Å². The number of carbonyl (C=O) groups is 2. The number of aromatic nitrogens is 3. The molecule has 7 heteroatoms. The number of fused-ring (bicyclic) bond motifs is 1. The van der Waals surface area contributed by atoms with Crippen molar-refractivity contribution in [3.05, 3.63) is 53.5 Å². The number of hydrogen-bond donors (Lipinski definition) is 1. The highest BCUT2D eigenvalue weighted by atomic mass is 16.6. The molecule has 0 saturated heterocycles. The van der Waals surface area contributed by atoms with Crippen LogP contribution in [0.25, 0.3) is 16.8 Å². The number of carbonyl (C=O) groups excluding carboxylic acids is 2. The number of amides is 1. The molecule has 1 amide bonds. The molecule has 3 aromatic rings. The third kappa shape index (κ3) is 5.43. The fourth-order valence-corrected chi connectivity index (χ4v) is 3.26. The number of alkyl carbamates (subject to hydrolysis) is 1. The average Bonchev–Trinajstić information content (AvgIpc) is 3.08. The number of aryl methyl sites for hydroxylation is 2. The van der Waals surface area contributed by atoms with E-state index in [9.17, 15) is 9.59 Å². The lowest BCUT2D eigenvalue weighted by molar-refractivity contribution is -0.107. The third-order valence-corrected chi connectivity index (χ3v) is 4.69. The molecule has 1 N–H and O–H groups in total. The molecule has 0 saturated carbocycles. The van der Waals surface area contributed by atoms with Crippen LogP contribution >= 0.6 is 0 Å². The molecule has 0 bridgehead atoms. The largest absolute Gasteiger partial charge is 0.444 e. The van der Waals surface area contributed by atoms with E-state index in [-0.39, 0.29) is 0 Å². The molecule has 0 aliphatic rings. The van der Waals surface area contributed by atoms with Crippen molar-refractivity contribution in [2.75, 3.05) is 0 Å². The minimum Gasteiger partial charge on any atom is -0.444 e. The van der Waals surface area contributed by atoms with Crippen LogP contribution < -0.4 is 5.32 Å². The molecule has 30 heavy (non-hydrogen) atoms. The Bertz CT molecular complexity index is 1050. The number of nitrogens with one attached hydrogen (secondary N) is 1. The van der Waals surface area contributed by atoms with Gasteiger partial charge in [0.05, 0.1) is 11.2 Å². The number of unbranched alkanes of at least 4 members (excludes halogenated alkanes) is 1. The van der Waals surface area contributed by atoms with E-state index in [0.717, 1.165) is 52.6 Å². The van der Waals surface area contributed by atoms with E-state index in [4.69, 9.17) is 4.74 Å². The molecule has 3 rings (SSSR count). The van der Waals surface area contributed by atoms with E-state index in [1.807, 2.05) is 50.5 Å². The van der Waals surface area contributed by atoms with E-state index in [2.05, 4.69) is 27.5 Å². The van der Waals surface area contributed by atoms with Crippen LogP contribution in [0.1, 0.15) is 50.3 Å². The summed E-state index contributed by atoms with van der Waals surface area (Å²) in [7, 11) is 0. The Morgan fingerprint density at radius 2 is 2.07 bits per heavy atom. The molecule has 158 valence electrons. The Kier molecular flexibility index (Phi) is 6.50. The lowest BCUT2D eigenvalue weighted by Crippen LogP contribution is -2.32. The van der Waals surface area contributed by atoms with Gasteiger partial charge in [-0.3, -0.25) is 0 Å². The molecule has 0 spiro atoms. The molecule has 0 radical (unpaired) electrons. The monoisotopic (exact) mass is 408 g/mol. The standard InChI is InChI=1S/C23H28N4O3/c1-16-11-18(8-9-19(16)13-24-22(29)30-23(2,3)4)21-20-12-17(7-5-6-10-28)14-27(20)26-15-25-21/h8-12,14-15H,5-7,13H2,1-4H3,(H,24,29). The highest BCUT2D eigenvalue weighted by molar-refractivity contribution is 5.77. The van der Waals surface area contributed by atoms with Gasteiger partial charge in [0, 0.05) is 24.7 Å². The van der Waals surface area contributed by atoms with Crippen LogP contribution in [0.2, 0.25) is 0 Å². The summed E-state index contributed by atoms with van der Waals surface area (Å²) in [4.78, 5) is 26.9. The van der Waals surface area contributed by atoms with Gasteiger partial charge in [0.15, 0.2) is 0 Å². The highest BCUT2D eigenvalue weighted by Crippen LogP contribution is 2.26. The number of nitrogens with zero attached hydrogens (tertiary/aromatic N) is 3. The number of benzene rings is 1. The van der Waals surface area contributed by atoms with Gasteiger partial charge < -0.3 is 14.8 Å². The van der Waals surface area contributed by atoms with Gasteiger partial charge in [-0.25, -0.2) is 14.3 Å². The molecule has 0 fully saturated rings. The Morgan fingerprint density at radius 3 is 2.77 bits per heavy atom. The Morgan fingerprint density at radius 1 is 1.27 bits per heavy atom. The lowest BCUT2D eigenvalue weighted by Gasteiger charge is -2.20. The first-order valence-corrected chi connectivity index (χ1v) is 10.1. The second-order valence-electron chi connectivity index (χ2n) is 8.34. The van der Waals surface area contributed by atoms with Gasteiger partial charge in [-0.1, -0.05) is 12.1 Å². The van der Waals surface area contributed by atoms with Crippen LogP contribution in [0.15, 0.2) is 36.8 Å². The van der Waals surface area contributed by atoms with Gasteiger partial charge in [-0.2, -0.15) is 5.10 Å². The van der Waals surface area contributed by atoms with E-state index in [1.165, 1.54) is 0 Å². The van der Waals surface area contributed by atoms with E-state index >= 15 is 0 Å². The normalized spacial score (nSPS) is 11.5. The van der Waals surface area contributed by atoms with Crippen LogP contribution in [-0.2, 0) is 22.5 Å². The van der Waals surface area contributed by atoms with Crippen LogP contribution in [-0.4, -0.2) is 32.6 Å². The average molecular weight is 409 g/mol. The van der Waals surface area contributed by atoms with Crippen LogP contribution in [0, 0.1) is 6.92 Å². The number of ether oxygens (including phenoxy) is 1. The summed E-state index contributed by atoms with van der Waals surface area (Å²) in [5.74, 6) is 0. The number of aldehydes is 1. The van der Waals surface area contributed by atoms with Crippen molar-refractivity contribution in [1.82, 2.24) is 19.9 Å². The van der Waals surface area contributed by atoms with Gasteiger partial charge in [0.2, 0.25) is 0 Å². The summed E-state index contributed by atoms with van der Waals surface area (Å²) >= 11 is 0. The van der Waals surface area contributed by atoms with Gasteiger partial charge in [-0.15, -0.1) is 0 Å². The van der Waals surface area contributed by atoms with Gasteiger partial charge >= 0.3 is 6.09 Å². The summed E-state index contributed by atoms with van der Waals surface area (Å²) in [6, 6.07) is 8.13. The minimum absolute atomic E-state index is 0.395. The predicted octanol–water partition coefficient (Wildman–Crippen LogP) is 4.25. The summed E-state index contributed by atoms with van der Waals surface area (Å²) in [5.41, 5.74) is 5.44. The minimum atomic E-state index is -0.523. The SMILES string of the molecule is Cc1cc(-c2ncnn3cc(CCCC=O)cc23)ccc1CNC(=O)OC(C)(C)C. The van der Waals surface area contributed by atoms with Crippen molar-refractivity contribution in [2.45, 2.75) is 59.1 Å². The van der Waals surface area contributed by atoms with Crippen molar-refractivity contribution in [1.29, 1.82) is 0 Å². The quantitative estimate of drug-likeness (QED) is 0.467. The molecule has 0 unspecified atom stereocenters. The molecular formula is C23H28N4O3. The lowest BCUT2D eigenvalue weighted by atomic mass is 10.0. The molecular weight excluding hydrogens is 380 g/mol. The topological polar surface area (TPSA) is 85.6 Å². The molecule has 2 aromatic heterocycles. The first kappa shape index (κ1) is 21.5. The first-order valence-electron chi connectivity index (χ1n) is 10.1. The molecule has 0 aliphatic heterocycles. The van der Waals surface area contributed by atoms with Crippen LogP contribution in [0.4, 0.5) is 4.79 Å². The van der Waals surface area contributed by atoms with Crippen LogP contribution in [0.5, 0.6) is 0 Å². The van der Waals surface area contributed by atoms with Crippen molar-refractivity contribution >= 4 is 17.9 Å². The maximum atomic E-state index is 11.9. The van der Waals surface area contributed by atoms with Gasteiger partial charge in [0.1, 0.15) is 18.2 Å². The zero-order chi connectivity index (χ0) is 21.7. The Labute approximate surface area is 176 Å². The Hall–Kier alpha value is -3.22. The maximum absolute atomic E-state index is 11.9. The maximum Gasteiger partial charge on any atom is 0.407 e. The zero-order valence-corrected chi connectivity index (χ0v) is 17.9. The smallest absolute Gasteiger partial charge is 0.407 e. The molecule has 2 heterocycles. The highest BCUT2D eigenvalue weighted by Gasteiger charge is 2.16. The van der Waals surface area contributed by atoms with Gasteiger partial charge in [-0.05, 0) is 69.4 Å². The second-order valence-corrected chi connectivity index (χ2v) is 8.34. The number of rotatable bonds is 7. The molecule has 1 aromatic carbocycles. The fraction of sp³-hybridized carbons (Fsp3) is 0.391. The van der Waals surface area contributed by atoms with E-state index in [0.29, 0.717) is 13.0 Å². The Balaban J connectivity index is 1.78. The predicted molar refractivity (Wildman–Crippen MR) is 115 cm³/mol. The first-order chi connectivity index (χ1) is 14.3. The zero-order valence-electron chi connectivity index (χ0n) is 17.9. The second kappa shape index (κ2) is 9.07. The van der Waals surface area contributed by atoms with Crippen LogP contribution in [0.3, 0.4) is 0 Å². The molecule has 7 nitrogen and oxygen atoms in total. The number of hydrogen-bond acceptors (Lipinski definition) is 5.